The molecule has 2 saturated heterocycles. The first-order valence-corrected chi connectivity index (χ1v) is 19.3. The first kappa shape index (κ1) is 35.0. The van der Waals surface area contributed by atoms with Crippen molar-refractivity contribution in [3.8, 4) is 17.2 Å². The number of carbonyl (C=O) groups excluding carboxylic acids is 2. The normalized spacial score (nSPS) is 22.9. The van der Waals surface area contributed by atoms with E-state index in [1.165, 1.54) is 35.1 Å². The minimum absolute atomic E-state index is 0.0901. The lowest BCUT2D eigenvalue weighted by molar-refractivity contribution is -0.126. The molecule has 3 aliphatic heterocycles. The van der Waals surface area contributed by atoms with Crippen molar-refractivity contribution in [2.75, 3.05) is 32.8 Å². The summed E-state index contributed by atoms with van der Waals surface area (Å²) in [4.78, 5) is 29.8. The van der Waals surface area contributed by atoms with Crippen LogP contribution in [0.25, 0.3) is 0 Å². The first-order valence-electron chi connectivity index (χ1n) is 19.3. The minimum atomic E-state index is -0.458. The van der Waals surface area contributed by atoms with Crippen LogP contribution in [-0.4, -0.2) is 65.6 Å². The topological polar surface area (TPSA) is 91.3 Å². The van der Waals surface area contributed by atoms with Gasteiger partial charge in [-0.1, -0.05) is 55.1 Å². The molecule has 0 spiro atoms. The van der Waals surface area contributed by atoms with Gasteiger partial charge in [0.05, 0.1) is 6.61 Å². The summed E-state index contributed by atoms with van der Waals surface area (Å²) < 4.78 is 12.5. The van der Waals surface area contributed by atoms with Gasteiger partial charge in [0.15, 0.2) is 0 Å². The number of likely N-dealkylation sites (tertiary alicyclic amines) is 1. The molecule has 0 radical (unpaired) electrons. The zero-order chi connectivity index (χ0) is 36.3. The lowest BCUT2D eigenvalue weighted by atomic mass is 9.69. The number of fused-ring (bicyclic) bond motifs is 2. The van der Waals surface area contributed by atoms with Crippen LogP contribution in [0, 0.1) is 5.92 Å². The van der Waals surface area contributed by atoms with Crippen LogP contribution in [0.15, 0.2) is 103 Å². The molecule has 0 bridgehead atoms. The van der Waals surface area contributed by atoms with E-state index in [1.807, 2.05) is 30.3 Å². The molecule has 8 rings (SSSR count). The lowest BCUT2D eigenvalue weighted by Crippen LogP contribution is -2.49. The van der Waals surface area contributed by atoms with Crippen LogP contribution in [0.1, 0.15) is 88.5 Å². The quantitative estimate of drug-likeness (QED) is 0.167. The molecule has 0 unspecified atom stereocenters. The van der Waals surface area contributed by atoms with Crippen molar-refractivity contribution in [3.63, 3.8) is 0 Å². The number of allylic oxidation sites excluding steroid dienone is 1. The zero-order valence-corrected chi connectivity index (χ0v) is 30.3. The molecule has 3 heterocycles. The van der Waals surface area contributed by atoms with Crippen molar-refractivity contribution in [2.45, 2.75) is 69.4 Å². The van der Waals surface area contributed by atoms with Crippen molar-refractivity contribution in [3.05, 3.63) is 137 Å². The number of carbonyl (C=O) groups is 2. The molecule has 274 valence electrons. The molecule has 4 aromatic rings. The fourth-order valence-electron chi connectivity index (χ4n) is 9.00. The number of hydrogen-bond acceptors (Lipinski definition) is 6. The molecule has 1 aliphatic carbocycles. The highest BCUT2D eigenvalue weighted by Crippen LogP contribution is 2.47. The summed E-state index contributed by atoms with van der Waals surface area (Å²) in [6.07, 6.45) is 6.63. The maximum Gasteiger partial charge on any atom is 0.255 e. The van der Waals surface area contributed by atoms with E-state index in [1.54, 1.807) is 4.90 Å². The second kappa shape index (κ2) is 15.5. The van der Waals surface area contributed by atoms with E-state index in [4.69, 9.17) is 9.47 Å². The Morgan fingerprint density at radius 1 is 0.811 bits per heavy atom. The monoisotopic (exact) mass is 711 g/mol. The van der Waals surface area contributed by atoms with Gasteiger partial charge in [-0.3, -0.25) is 14.5 Å². The molecular weight excluding hydrogens is 663 g/mol. The molecule has 0 aromatic heterocycles. The second-order valence-corrected chi connectivity index (χ2v) is 15.2. The number of nitrogens with one attached hydrogen (secondary N) is 1. The molecule has 2 amide bonds. The molecule has 53 heavy (non-hydrogen) atoms. The molecule has 4 aliphatic rings. The molecular formula is C45H49N3O5. The number of phenolic OH excluding ortho intramolecular Hbond substituents is 1. The number of phenols is 1. The Labute approximate surface area is 312 Å². The smallest absolute Gasteiger partial charge is 0.255 e. The summed E-state index contributed by atoms with van der Waals surface area (Å²) in [5.41, 5.74) is 7.46. The second-order valence-electron chi connectivity index (χ2n) is 15.2. The van der Waals surface area contributed by atoms with Crippen molar-refractivity contribution >= 4 is 11.8 Å². The van der Waals surface area contributed by atoms with Crippen molar-refractivity contribution in [1.82, 2.24) is 15.1 Å². The highest BCUT2D eigenvalue weighted by Gasteiger charge is 2.38. The summed E-state index contributed by atoms with van der Waals surface area (Å²) in [5, 5.41) is 13.0. The van der Waals surface area contributed by atoms with E-state index in [-0.39, 0.29) is 17.7 Å². The number of aromatic hydroxyl groups is 1. The molecule has 8 nitrogen and oxygen atoms in total. The SMILES string of the molecule is C=C1CC[C@H](N2Cc3cc(OCC[C@@H]4CCCN(CCOc5ccc([C@H]6c7ccc(O)cc7CC[C@H]6c6ccccc6)cc5)C4)ccc3C2=O)C(=O)N1. The lowest BCUT2D eigenvalue weighted by Gasteiger charge is -2.35. The highest BCUT2D eigenvalue weighted by molar-refractivity contribution is 6.01. The molecule has 8 heteroatoms. The number of hydrogen-bond donors (Lipinski definition) is 2. The number of ether oxygens (including phenoxy) is 2. The number of benzene rings is 4. The number of piperidine rings is 2. The van der Waals surface area contributed by atoms with E-state index in [0.717, 1.165) is 56.0 Å². The maximum atomic E-state index is 13.1. The maximum absolute atomic E-state index is 13.1. The largest absolute Gasteiger partial charge is 0.508 e. The molecule has 4 aromatic carbocycles. The van der Waals surface area contributed by atoms with Crippen molar-refractivity contribution in [1.29, 1.82) is 0 Å². The van der Waals surface area contributed by atoms with Crippen molar-refractivity contribution in [2.24, 2.45) is 5.92 Å². The Morgan fingerprint density at radius 3 is 2.45 bits per heavy atom. The average Bonchev–Trinajstić information content (AvgIpc) is 3.50. The van der Waals surface area contributed by atoms with Crippen LogP contribution in [-0.2, 0) is 17.8 Å². The fourth-order valence-corrected chi connectivity index (χ4v) is 9.00. The number of amides is 2. The third-order valence-corrected chi connectivity index (χ3v) is 11.7. The van der Waals surface area contributed by atoms with Gasteiger partial charge in [-0.2, -0.15) is 0 Å². The molecule has 0 saturated carbocycles. The van der Waals surface area contributed by atoms with Gasteiger partial charge in [0.2, 0.25) is 5.91 Å². The molecule has 4 atom stereocenters. The summed E-state index contributed by atoms with van der Waals surface area (Å²) in [6, 6.07) is 30.5. The standard InChI is InChI=1S/C45H49N3O5/c1-30-9-20-42(44(50)46-30)48-29-35-27-38(16-19-41(35)45(48)51)52-24-21-31-6-5-22-47(28-31)23-25-53-37-14-10-33(11-15-37)43-39(32-7-3-2-4-8-32)17-12-34-26-36(49)13-18-40(34)43/h2-4,7-8,10-11,13-16,18-19,26-27,31,39,42-43,49H,1,5-6,9,12,17,20-25,28-29H2,(H,46,50)/t31-,39-,42-,43+/m0/s1. The van der Waals surface area contributed by atoms with E-state index in [9.17, 15) is 14.7 Å². The summed E-state index contributed by atoms with van der Waals surface area (Å²) in [7, 11) is 0. The van der Waals surface area contributed by atoms with E-state index in [0.29, 0.717) is 61.4 Å². The van der Waals surface area contributed by atoms with Gasteiger partial charge in [-0.25, -0.2) is 0 Å². The first-order chi connectivity index (χ1) is 25.9. The number of aryl methyl sites for hydroxylation is 1. The highest BCUT2D eigenvalue weighted by atomic mass is 16.5. The summed E-state index contributed by atoms with van der Waals surface area (Å²) in [6.45, 7) is 8.55. The van der Waals surface area contributed by atoms with Crippen LogP contribution in [0.5, 0.6) is 17.2 Å². The Morgan fingerprint density at radius 2 is 1.62 bits per heavy atom. The van der Waals surface area contributed by atoms with Crippen LogP contribution in [0.3, 0.4) is 0 Å². The van der Waals surface area contributed by atoms with Crippen LogP contribution >= 0.6 is 0 Å². The van der Waals surface area contributed by atoms with E-state index < -0.39 is 6.04 Å². The van der Waals surface area contributed by atoms with E-state index in [2.05, 4.69) is 77.5 Å². The Kier molecular flexibility index (Phi) is 10.2. The van der Waals surface area contributed by atoms with Crippen molar-refractivity contribution < 1.29 is 24.2 Å². The number of nitrogens with zero attached hydrogens (tertiary/aromatic N) is 2. The van der Waals surface area contributed by atoms with Gasteiger partial charge in [-0.15, -0.1) is 0 Å². The predicted octanol–water partition coefficient (Wildman–Crippen LogP) is 7.56. The Bertz CT molecular complexity index is 1960. The number of rotatable bonds is 11. The van der Waals surface area contributed by atoms with Gasteiger partial charge in [-0.05, 0) is 134 Å². The summed E-state index contributed by atoms with van der Waals surface area (Å²) >= 11 is 0. The fraction of sp³-hybridized carbons (Fsp3) is 0.378. The van der Waals surface area contributed by atoms with Crippen LogP contribution in [0.4, 0.5) is 0 Å². The van der Waals surface area contributed by atoms with Gasteiger partial charge < -0.3 is 24.8 Å². The Balaban J connectivity index is 0.811. The Hall–Kier alpha value is -5.08. The minimum Gasteiger partial charge on any atom is -0.508 e. The molecule has 2 N–H and O–H groups in total. The third kappa shape index (κ3) is 7.70. The zero-order valence-electron chi connectivity index (χ0n) is 30.3. The van der Waals surface area contributed by atoms with Gasteiger partial charge >= 0.3 is 0 Å². The van der Waals surface area contributed by atoms with Gasteiger partial charge in [0.1, 0.15) is 29.9 Å². The average molecular weight is 712 g/mol. The predicted molar refractivity (Wildman–Crippen MR) is 205 cm³/mol. The van der Waals surface area contributed by atoms with Crippen LogP contribution < -0.4 is 14.8 Å². The van der Waals surface area contributed by atoms with Gasteiger partial charge in [0, 0.05) is 36.8 Å². The molecule has 2 fully saturated rings. The van der Waals surface area contributed by atoms with Crippen LogP contribution in [0.2, 0.25) is 0 Å². The summed E-state index contributed by atoms with van der Waals surface area (Å²) in [5.74, 6) is 2.92. The third-order valence-electron chi connectivity index (χ3n) is 11.7. The van der Waals surface area contributed by atoms with E-state index >= 15 is 0 Å². The van der Waals surface area contributed by atoms with Gasteiger partial charge in [0.25, 0.3) is 5.91 Å².